The fourth-order valence-corrected chi connectivity index (χ4v) is 4.45. The molecular weight excluding hydrogens is 632 g/mol. The van der Waals surface area contributed by atoms with Gasteiger partial charge in [0.2, 0.25) is 5.75 Å². The van der Waals surface area contributed by atoms with E-state index >= 15 is 0 Å². The highest BCUT2D eigenvalue weighted by Crippen LogP contribution is 2.39. The topological polar surface area (TPSA) is 109 Å². The monoisotopic (exact) mass is 656 g/mol. The van der Waals surface area contributed by atoms with Crippen LogP contribution in [0, 0.1) is 10.1 Å². The van der Waals surface area contributed by atoms with Crippen molar-refractivity contribution in [1.29, 1.82) is 0 Å². The molecule has 1 heterocycles. The summed E-state index contributed by atoms with van der Waals surface area (Å²) < 4.78 is 14.5. The summed E-state index contributed by atoms with van der Waals surface area (Å²) in [5.74, 6) is 0.675. The van der Waals surface area contributed by atoms with Gasteiger partial charge >= 0.3 is 5.69 Å². The second-order valence-corrected chi connectivity index (χ2v) is 11.5. The van der Waals surface area contributed by atoms with E-state index in [0.29, 0.717) is 22.3 Å². The summed E-state index contributed by atoms with van der Waals surface area (Å²) in [4.78, 5) is 29.6. The molecule has 1 aromatic heterocycles. The van der Waals surface area contributed by atoms with Gasteiger partial charge in [-0.15, -0.1) is 0 Å². The molecule has 0 N–H and O–H groups in total. The summed E-state index contributed by atoms with van der Waals surface area (Å²) in [7, 11) is 0. The molecule has 39 heavy (non-hydrogen) atoms. The van der Waals surface area contributed by atoms with Gasteiger partial charge in [-0.3, -0.25) is 14.9 Å². The number of aromatic nitrogens is 2. The summed E-state index contributed by atoms with van der Waals surface area (Å²) in [6, 6.07) is 15.7. The minimum Gasteiger partial charge on any atom is -0.490 e. The van der Waals surface area contributed by atoms with Gasteiger partial charge in [0.25, 0.3) is 5.56 Å². The molecule has 0 fully saturated rings. The molecule has 0 radical (unpaired) electrons. The van der Waals surface area contributed by atoms with Crippen molar-refractivity contribution in [3.05, 3.63) is 101 Å². The number of nitrogens with zero attached hydrogens (tertiary/aromatic N) is 4. The highest BCUT2D eigenvalue weighted by Gasteiger charge is 2.25. The van der Waals surface area contributed by atoms with E-state index in [1.165, 1.54) is 17.0 Å². The highest BCUT2D eigenvalue weighted by molar-refractivity contribution is 9.10. The molecule has 0 atom stereocenters. The molecule has 202 valence electrons. The highest BCUT2D eigenvalue weighted by atomic mass is 79.9. The van der Waals surface area contributed by atoms with E-state index in [9.17, 15) is 14.9 Å². The number of rotatable bonds is 8. The number of nitro groups is 1. The zero-order chi connectivity index (χ0) is 28.3. The van der Waals surface area contributed by atoms with Crippen LogP contribution in [0.2, 0.25) is 0 Å². The first kappa shape index (κ1) is 28.4. The number of fused-ring (bicyclic) bond motifs is 1. The van der Waals surface area contributed by atoms with Crippen LogP contribution < -0.4 is 15.0 Å². The van der Waals surface area contributed by atoms with Gasteiger partial charge < -0.3 is 9.47 Å². The fraction of sp³-hybridized carbons (Fsp3) is 0.250. The Morgan fingerprint density at radius 1 is 1.05 bits per heavy atom. The quantitative estimate of drug-likeness (QED) is 0.115. The number of hydrogen-bond donors (Lipinski definition) is 0. The third kappa shape index (κ3) is 6.54. The molecular formula is C28H26Br2N4O5. The van der Waals surface area contributed by atoms with Crippen LogP contribution >= 0.6 is 31.9 Å². The minimum atomic E-state index is -0.529. The van der Waals surface area contributed by atoms with E-state index in [4.69, 9.17) is 14.5 Å². The van der Waals surface area contributed by atoms with Crippen molar-refractivity contribution in [2.75, 3.05) is 6.61 Å². The number of hydrogen-bond acceptors (Lipinski definition) is 7. The molecule has 0 bridgehead atoms. The number of benzene rings is 3. The average Bonchev–Trinajstić information content (AvgIpc) is 2.88. The van der Waals surface area contributed by atoms with Gasteiger partial charge in [-0.2, -0.15) is 9.78 Å². The van der Waals surface area contributed by atoms with Crippen molar-refractivity contribution in [2.24, 2.45) is 5.10 Å². The molecule has 0 aliphatic carbocycles. The van der Waals surface area contributed by atoms with Crippen LogP contribution in [0.25, 0.3) is 10.9 Å². The molecule has 0 aliphatic heterocycles. The zero-order valence-electron chi connectivity index (χ0n) is 21.8. The maximum absolute atomic E-state index is 13.4. The minimum absolute atomic E-state index is 0.0201. The standard InChI is InChI=1S/C28H26Br2N4O5/c1-5-38-24-13-18(12-23(34(36)37)25(24)39-16-17-6-8-19(29)9-7-17)15-31-33-26(35)21-14-20(30)10-11-22(21)32-27(33)28(2,3)4/h6-15H,5,16H2,1-4H3. The Balaban J connectivity index is 1.79. The number of ether oxygens (including phenoxy) is 2. The van der Waals surface area contributed by atoms with E-state index < -0.39 is 10.3 Å². The molecule has 0 amide bonds. The van der Waals surface area contributed by atoms with Gasteiger partial charge in [0, 0.05) is 26.0 Å². The molecule has 4 rings (SSSR count). The molecule has 11 heteroatoms. The van der Waals surface area contributed by atoms with E-state index in [2.05, 4.69) is 37.0 Å². The Hall–Kier alpha value is -3.57. The van der Waals surface area contributed by atoms with E-state index in [1.807, 2.05) is 51.1 Å². The normalized spacial score (nSPS) is 11.7. The zero-order valence-corrected chi connectivity index (χ0v) is 24.9. The first-order chi connectivity index (χ1) is 18.5. The van der Waals surface area contributed by atoms with Gasteiger partial charge in [-0.1, -0.05) is 64.8 Å². The summed E-state index contributed by atoms with van der Waals surface area (Å²) >= 11 is 6.79. The largest absolute Gasteiger partial charge is 0.490 e. The lowest BCUT2D eigenvalue weighted by atomic mass is 9.95. The van der Waals surface area contributed by atoms with E-state index in [1.54, 1.807) is 25.1 Å². The van der Waals surface area contributed by atoms with Crippen molar-refractivity contribution in [2.45, 2.75) is 39.7 Å². The SMILES string of the molecule is CCOc1cc(C=Nn2c(C(C)(C)C)nc3ccc(Br)cc3c2=O)cc([N+](=O)[O-])c1OCc1ccc(Br)cc1. The predicted octanol–water partition coefficient (Wildman–Crippen LogP) is 6.99. The summed E-state index contributed by atoms with van der Waals surface area (Å²) in [6.45, 7) is 7.95. The molecule has 3 aromatic carbocycles. The van der Waals surface area contributed by atoms with Crippen LogP contribution in [0.3, 0.4) is 0 Å². The molecule has 0 spiro atoms. The second kappa shape index (κ2) is 11.7. The Morgan fingerprint density at radius 2 is 1.74 bits per heavy atom. The van der Waals surface area contributed by atoms with Crippen LogP contribution in [0.4, 0.5) is 5.69 Å². The van der Waals surface area contributed by atoms with E-state index in [0.717, 1.165) is 14.5 Å². The molecule has 4 aromatic rings. The molecule has 0 aliphatic rings. The fourth-order valence-electron chi connectivity index (χ4n) is 3.83. The first-order valence-electron chi connectivity index (χ1n) is 12.1. The lowest BCUT2D eigenvalue weighted by Crippen LogP contribution is -2.29. The van der Waals surface area contributed by atoms with Gasteiger partial charge in [-0.25, -0.2) is 4.98 Å². The third-order valence-electron chi connectivity index (χ3n) is 5.65. The van der Waals surface area contributed by atoms with Crippen LogP contribution in [-0.4, -0.2) is 27.4 Å². The number of nitro benzene ring substituents is 1. The summed E-state index contributed by atoms with van der Waals surface area (Å²) in [5, 5.41) is 16.9. The Morgan fingerprint density at radius 3 is 2.38 bits per heavy atom. The Bertz CT molecular complexity index is 1630. The van der Waals surface area contributed by atoms with Gasteiger partial charge in [0.05, 0.1) is 28.6 Å². The lowest BCUT2D eigenvalue weighted by Gasteiger charge is -2.21. The molecule has 0 unspecified atom stereocenters. The molecule has 9 nitrogen and oxygen atoms in total. The lowest BCUT2D eigenvalue weighted by molar-refractivity contribution is -0.386. The summed E-state index contributed by atoms with van der Waals surface area (Å²) in [6.07, 6.45) is 1.39. The average molecular weight is 658 g/mol. The maximum atomic E-state index is 13.4. The predicted molar refractivity (Wildman–Crippen MR) is 158 cm³/mol. The first-order valence-corrected chi connectivity index (χ1v) is 13.7. The number of halogens is 2. The third-order valence-corrected chi connectivity index (χ3v) is 6.67. The van der Waals surface area contributed by atoms with Gasteiger partial charge in [-0.05, 0) is 48.9 Å². The maximum Gasteiger partial charge on any atom is 0.315 e. The van der Waals surface area contributed by atoms with Gasteiger partial charge in [0.1, 0.15) is 12.4 Å². The van der Waals surface area contributed by atoms with Crippen molar-refractivity contribution >= 4 is 54.7 Å². The van der Waals surface area contributed by atoms with Crippen molar-refractivity contribution in [3.63, 3.8) is 0 Å². The molecule has 0 saturated heterocycles. The smallest absolute Gasteiger partial charge is 0.315 e. The van der Waals surface area contributed by atoms with Gasteiger partial charge in [0.15, 0.2) is 5.75 Å². The Labute approximate surface area is 241 Å². The van der Waals surface area contributed by atoms with Crippen LogP contribution in [0.5, 0.6) is 11.5 Å². The van der Waals surface area contributed by atoms with Crippen molar-refractivity contribution in [3.8, 4) is 11.5 Å². The van der Waals surface area contributed by atoms with Crippen LogP contribution in [0.15, 0.2) is 73.4 Å². The van der Waals surface area contributed by atoms with Crippen LogP contribution in [0.1, 0.15) is 44.6 Å². The van der Waals surface area contributed by atoms with Crippen LogP contribution in [-0.2, 0) is 12.0 Å². The summed E-state index contributed by atoms with van der Waals surface area (Å²) in [5.41, 5.74) is 0.624. The Kier molecular flexibility index (Phi) is 8.51. The molecule has 0 saturated carbocycles. The van der Waals surface area contributed by atoms with Crippen molar-refractivity contribution in [1.82, 2.24) is 9.66 Å². The second-order valence-electron chi connectivity index (χ2n) is 9.68. The van der Waals surface area contributed by atoms with Crippen molar-refractivity contribution < 1.29 is 14.4 Å². The van der Waals surface area contributed by atoms with E-state index in [-0.39, 0.29) is 36.0 Å².